The number of hydrogen-bond acceptors (Lipinski definition) is 3. The van der Waals surface area contributed by atoms with E-state index in [-0.39, 0.29) is 11.8 Å². The number of methoxy groups -OCH3 is 1. The number of amides is 1. The van der Waals surface area contributed by atoms with E-state index in [9.17, 15) is 4.79 Å². The van der Waals surface area contributed by atoms with Gasteiger partial charge in [0.05, 0.1) is 7.11 Å². The zero-order valence-electron chi connectivity index (χ0n) is 14.6. The smallest absolute Gasteiger partial charge is 0.226 e. The van der Waals surface area contributed by atoms with Crippen LogP contribution in [-0.4, -0.2) is 22.9 Å². The van der Waals surface area contributed by atoms with Gasteiger partial charge in [-0.2, -0.15) is 0 Å². The first kappa shape index (κ1) is 17.2. The Morgan fingerprint density at radius 1 is 1.20 bits per heavy atom. The van der Waals surface area contributed by atoms with Gasteiger partial charge < -0.3 is 9.64 Å². The number of para-hydroxylation sites is 1. The molecule has 0 aliphatic heterocycles. The van der Waals surface area contributed by atoms with Crippen LogP contribution in [0.15, 0.2) is 60.9 Å². The average molecular weight is 336 g/mol. The summed E-state index contributed by atoms with van der Waals surface area (Å²) in [5.41, 5.74) is 2.06. The maximum Gasteiger partial charge on any atom is 0.226 e. The van der Waals surface area contributed by atoms with Crippen molar-refractivity contribution in [1.82, 2.24) is 9.88 Å². The van der Waals surface area contributed by atoms with Gasteiger partial charge >= 0.3 is 0 Å². The zero-order valence-corrected chi connectivity index (χ0v) is 14.6. The van der Waals surface area contributed by atoms with Gasteiger partial charge in [0.2, 0.25) is 5.91 Å². The summed E-state index contributed by atoms with van der Waals surface area (Å²) in [4.78, 5) is 19.2. The second-order valence-corrected chi connectivity index (χ2v) is 6.35. The van der Waals surface area contributed by atoms with Gasteiger partial charge in [0.15, 0.2) is 0 Å². The van der Waals surface area contributed by atoms with Crippen molar-refractivity contribution in [2.75, 3.05) is 7.11 Å². The minimum Gasteiger partial charge on any atom is -0.496 e. The summed E-state index contributed by atoms with van der Waals surface area (Å²) in [5, 5.41) is 0. The molecule has 1 aromatic carbocycles. The number of allylic oxidation sites excluding steroid dienone is 2. The Morgan fingerprint density at radius 2 is 2.08 bits per heavy atom. The first-order valence-electron chi connectivity index (χ1n) is 8.72. The fraction of sp³-hybridized carbons (Fsp3) is 0.333. The Bertz CT molecular complexity index is 728. The monoisotopic (exact) mass is 336 g/mol. The van der Waals surface area contributed by atoms with Crippen LogP contribution in [0.1, 0.15) is 30.4 Å². The lowest BCUT2D eigenvalue weighted by Gasteiger charge is -2.28. The van der Waals surface area contributed by atoms with Crippen LogP contribution >= 0.6 is 0 Å². The number of ether oxygens (including phenoxy) is 1. The highest BCUT2D eigenvalue weighted by molar-refractivity contribution is 5.79. The highest BCUT2D eigenvalue weighted by Gasteiger charge is 2.25. The molecule has 0 bridgehead atoms. The van der Waals surface area contributed by atoms with Crippen LogP contribution in [0.25, 0.3) is 0 Å². The van der Waals surface area contributed by atoms with Crippen molar-refractivity contribution in [3.05, 3.63) is 72.1 Å². The molecule has 0 spiro atoms. The zero-order chi connectivity index (χ0) is 17.5. The lowest BCUT2D eigenvalue weighted by molar-refractivity contribution is -0.137. The third kappa shape index (κ3) is 4.47. The maximum atomic E-state index is 13.1. The van der Waals surface area contributed by atoms with Crippen LogP contribution in [0.5, 0.6) is 5.75 Å². The maximum absolute atomic E-state index is 13.1. The number of aromatic nitrogens is 1. The highest BCUT2D eigenvalue weighted by atomic mass is 16.5. The van der Waals surface area contributed by atoms with E-state index in [0.717, 1.165) is 36.1 Å². The number of pyridine rings is 1. The molecule has 4 heteroatoms. The van der Waals surface area contributed by atoms with Crippen LogP contribution in [0.2, 0.25) is 0 Å². The largest absolute Gasteiger partial charge is 0.496 e. The van der Waals surface area contributed by atoms with Gasteiger partial charge in [-0.25, -0.2) is 0 Å². The lowest BCUT2D eigenvalue weighted by atomic mass is 9.92. The van der Waals surface area contributed by atoms with Crippen LogP contribution < -0.4 is 4.74 Å². The number of carbonyl (C=O) groups excluding carboxylic acids is 1. The summed E-state index contributed by atoms with van der Waals surface area (Å²) >= 11 is 0. The molecule has 1 atom stereocenters. The SMILES string of the molecule is COc1ccccc1CN(Cc1cccnc1)C(=O)[C@H]1CC=CCC1. The van der Waals surface area contributed by atoms with Gasteiger partial charge in [-0.05, 0) is 37.0 Å². The van der Waals surface area contributed by atoms with Crippen molar-refractivity contribution in [3.63, 3.8) is 0 Å². The molecule has 1 aliphatic carbocycles. The van der Waals surface area contributed by atoms with Crippen molar-refractivity contribution in [3.8, 4) is 5.75 Å². The highest BCUT2D eigenvalue weighted by Crippen LogP contribution is 2.25. The van der Waals surface area contributed by atoms with E-state index < -0.39 is 0 Å². The van der Waals surface area contributed by atoms with Gasteiger partial charge in [0.1, 0.15) is 5.75 Å². The summed E-state index contributed by atoms with van der Waals surface area (Å²) in [7, 11) is 1.66. The number of hydrogen-bond donors (Lipinski definition) is 0. The molecule has 0 saturated carbocycles. The molecule has 130 valence electrons. The quantitative estimate of drug-likeness (QED) is 0.750. The van der Waals surface area contributed by atoms with Gasteiger partial charge in [-0.15, -0.1) is 0 Å². The summed E-state index contributed by atoms with van der Waals surface area (Å²) < 4.78 is 5.46. The lowest BCUT2D eigenvalue weighted by Crippen LogP contribution is -2.35. The van der Waals surface area contributed by atoms with E-state index in [2.05, 4.69) is 17.1 Å². The first-order chi connectivity index (χ1) is 12.3. The van der Waals surface area contributed by atoms with Crippen molar-refractivity contribution in [1.29, 1.82) is 0 Å². The van der Waals surface area contributed by atoms with Gasteiger partial charge in [0.25, 0.3) is 0 Å². The fourth-order valence-electron chi connectivity index (χ4n) is 3.24. The van der Waals surface area contributed by atoms with Crippen LogP contribution in [-0.2, 0) is 17.9 Å². The molecular weight excluding hydrogens is 312 g/mol. The number of carbonyl (C=O) groups is 1. The van der Waals surface area contributed by atoms with Gasteiger partial charge in [-0.1, -0.05) is 36.4 Å². The predicted octanol–water partition coefficient (Wildman–Crippen LogP) is 3.98. The molecule has 0 unspecified atom stereocenters. The van der Waals surface area contributed by atoms with Gasteiger partial charge in [0, 0.05) is 37.0 Å². The van der Waals surface area contributed by atoms with E-state index in [4.69, 9.17) is 4.74 Å². The molecule has 2 aromatic rings. The van der Waals surface area contributed by atoms with E-state index in [1.165, 1.54) is 0 Å². The minimum absolute atomic E-state index is 0.0661. The summed E-state index contributed by atoms with van der Waals surface area (Å²) in [6, 6.07) is 11.8. The molecular formula is C21H24N2O2. The number of rotatable bonds is 6. The van der Waals surface area contributed by atoms with Crippen molar-refractivity contribution >= 4 is 5.91 Å². The number of benzene rings is 1. The van der Waals surface area contributed by atoms with E-state index >= 15 is 0 Å². The fourth-order valence-corrected chi connectivity index (χ4v) is 3.24. The minimum atomic E-state index is 0.0661. The third-order valence-corrected chi connectivity index (χ3v) is 4.58. The molecule has 0 N–H and O–H groups in total. The third-order valence-electron chi connectivity index (χ3n) is 4.58. The second kappa shape index (κ2) is 8.47. The summed E-state index contributed by atoms with van der Waals surface area (Å²) in [5.74, 6) is 1.09. The Hall–Kier alpha value is -2.62. The summed E-state index contributed by atoms with van der Waals surface area (Å²) in [6.07, 6.45) is 10.6. The van der Waals surface area contributed by atoms with Crippen LogP contribution in [0.4, 0.5) is 0 Å². The average Bonchev–Trinajstić information content (AvgIpc) is 2.69. The topological polar surface area (TPSA) is 42.4 Å². The first-order valence-corrected chi connectivity index (χ1v) is 8.72. The standard InChI is InChI=1S/C21H24N2O2/c1-25-20-12-6-5-11-19(20)16-23(15-17-8-7-13-22-14-17)21(24)18-9-3-2-4-10-18/h2-3,5-8,11-14,18H,4,9-10,15-16H2,1H3/t18-/m0/s1. The number of nitrogens with zero attached hydrogens (tertiary/aromatic N) is 2. The van der Waals surface area contributed by atoms with Crippen molar-refractivity contribution in [2.24, 2.45) is 5.92 Å². The van der Waals surface area contributed by atoms with Crippen molar-refractivity contribution < 1.29 is 9.53 Å². The molecule has 0 saturated heterocycles. The Labute approximate surface area is 149 Å². The molecule has 1 aromatic heterocycles. The van der Waals surface area contributed by atoms with E-state index in [0.29, 0.717) is 13.1 Å². The van der Waals surface area contributed by atoms with Crippen molar-refractivity contribution in [2.45, 2.75) is 32.4 Å². The second-order valence-electron chi connectivity index (χ2n) is 6.35. The molecule has 1 aliphatic rings. The molecule has 4 nitrogen and oxygen atoms in total. The van der Waals surface area contributed by atoms with Crippen LogP contribution in [0.3, 0.4) is 0 Å². The Morgan fingerprint density at radius 3 is 2.80 bits per heavy atom. The summed E-state index contributed by atoms with van der Waals surface area (Å²) in [6.45, 7) is 1.10. The molecule has 0 fully saturated rings. The molecule has 0 radical (unpaired) electrons. The van der Waals surface area contributed by atoms with Gasteiger partial charge in [-0.3, -0.25) is 9.78 Å². The van der Waals surface area contributed by atoms with Crippen LogP contribution in [0, 0.1) is 5.92 Å². The molecule has 3 rings (SSSR count). The normalized spacial score (nSPS) is 16.4. The van der Waals surface area contributed by atoms with E-state index in [1.807, 2.05) is 47.5 Å². The Balaban J connectivity index is 1.83. The molecule has 25 heavy (non-hydrogen) atoms. The Kier molecular flexibility index (Phi) is 5.83. The van der Waals surface area contributed by atoms with E-state index in [1.54, 1.807) is 13.3 Å². The molecule has 1 heterocycles. The predicted molar refractivity (Wildman–Crippen MR) is 98.0 cm³/mol. The molecule has 1 amide bonds.